The predicted octanol–water partition coefficient (Wildman–Crippen LogP) is 4.81. The Morgan fingerprint density at radius 2 is 1.62 bits per heavy atom. The maximum Gasteiger partial charge on any atom is 0.335 e. The summed E-state index contributed by atoms with van der Waals surface area (Å²) in [4.78, 5) is 22.9. The van der Waals surface area contributed by atoms with Crippen molar-refractivity contribution < 1.29 is 14.7 Å². The summed E-state index contributed by atoms with van der Waals surface area (Å²) < 4.78 is 0. The van der Waals surface area contributed by atoms with E-state index >= 15 is 0 Å². The van der Waals surface area contributed by atoms with Crippen LogP contribution in [0.2, 0.25) is 0 Å². The predicted molar refractivity (Wildman–Crippen MR) is 100 cm³/mol. The smallest absolute Gasteiger partial charge is 0.335 e. The number of rotatable bonds is 3. The first-order chi connectivity index (χ1) is 11.5. The molecule has 0 unspecified atom stereocenters. The summed E-state index contributed by atoms with van der Waals surface area (Å²) >= 11 is 5.47. The maximum absolute atomic E-state index is 11.0. The van der Waals surface area contributed by atoms with Crippen LogP contribution in [0, 0.1) is 11.3 Å². The SMILES string of the molecule is CC.CSc1ccccc1C(=O)C#N.O=C(O)c1ccc(S)cc1. The number of hydrogen-bond donors (Lipinski definition) is 2. The van der Waals surface area contributed by atoms with E-state index in [1.165, 1.54) is 23.9 Å². The molecular formula is C18H19NO3S2. The molecule has 0 aliphatic rings. The Morgan fingerprint density at radius 1 is 1.08 bits per heavy atom. The summed E-state index contributed by atoms with van der Waals surface area (Å²) in [6.45, 7) is 4.00. The van der Waals surface area contributed by atoms with Crippen LogP contribution in [0.3, 0.4) is 0 Å². The van der Waals surface area contributed by atoms with Gasteiger partial charge in [-0.2, -0.15) is 5.26 Å². The molecule has 0 saturated heterocycles. The van der Waals surface area contributed by atoms with E-state index in [-0.39, 0.29) is 5.56 Å². The lowest BCUT2D eigenvalue weighted by atomic mass is 10.1. The molecule has 24 heavy (non-hydrogen) atoms. The van der Waals surface area contributed by atoms with Gasteiger partial charge in [0.15, 0.2) is 0 Å². The minimum Gasteiger partial charge on any atom is -0.478 e. The first-order valence-electron chi connectivity index (χ1n) is 7.09. The highest BCUT2D eigenvalue weighted by molar-refractivity contribution is 7.98. The summed E-state index contributed by atoms with van der Waals surface area (Å²) in [5.74, 6) is -1.38. The van der Waals surface area contributed by atoms with E-state index in [1.54, 1.807) is 30.3 Å². The zero-order valence-electron chi connectivity index (χ0n) is 13.7. The molecule has 126 valence electrons. The number of carbonyl (C=O) groups excluding carboxylic acids is 1. The highest BCUT2D eigenvalue weighted by Crippen LogP contribution is 2.19. The molecule has 0 fully saturated rings. The zero-order chi connectivity index (χ0) is 18.5. The number of thiol groups is 1. The van der Waals surface area contributed by atoms with Crippen molar-refractivity contribution in [1.82, 2.24) is 0 Å². The van der Waals surface area contributed by atoms with E-state index in [0.29, 0.717) is 5.56 Å². The lowest BCUT2D eigenvalue weighted by Crippen LogP contribution is -1.95. The number of thioether (sulfide) groups is 1. The average Bonchev–Trinajstić information content (AvgIpc) is 2.63. The second kappa shape index (κ2) is 12.2. The van der Waals surface area contributed by atoms with Gasteiger partial charge in [-0.1, -0.05) is 26.0 Å². The van der Waals surface area contributed by atoms with Gasteiger partial charge in [0, 0.05) is 15.4 Å². The number of carboxylic acids is 1. The largest absolute Gasteiger partial charge is 0.478 e. The highest BCUT2D eigenvalue weighted by Gasteiger charge is 2.07. The number of Topliss-reactive ketones (excluding diaryl/α,β-unsaturated/α-hetero) is 1. The number of nitriles is 1. The van der Waals surface area contributed by atoms with Crippen LogP contribution < -0.4 is 0 Å². The van der Waals surface area contributed by atoms with E-state index in [0.717, 1.165) is 9.79 Å². The molecule has 0 heterocycles. The number of aromatic carboxylic acids is 1. The minimum atomic E-state index is -0.909. The normalized spacial score (nSPS) is 8.62. The third kappa shape index (κ3) is 7.36. The van der Waals surface area contributed by atoms with Gasteiger partial charge in [0.05, 0.1) is 5.56 Å². The third-order valence-electron chi connectivity index (χ3n) is 2.57. The van der Waals surface area contributed by atoms with E-state index in [2.05, 4.69) is 12.6 Å². The zero-order valence-corrected chi connectivity index (χ0v) is 15.4. The van der Waals surface area contributed by atoms with Gasteiger partial charge in [-0.3, -0.25) is 4.79 Å². The van der Waals surface area contributed by atoms with Crippen molar-refractivity contribution in [3.05, 3.63) is 59.7 Å². The van der Waals surface area contributed by atoms with Crippen molar-refractivity contribution in [2.45, 2.75) is 23.6 Å². The van der Waals surface area contributed by atoms with E-state index in [9.17, 15) is 9.59 Å². The fourth-order valence-corrected chi connectivity index (χ4v) is 2.24. The van der Waals surface area contributed by atoms with Crippen LogP contribution in [0.15, 0.2) is 58.3 Å². The molecule has 2 rings (SSSR count). The van der Waals surface area contributed by atoms with Crippen molar-refractivity contribution in [3.63, 3.8) is 0 Å². The highest BCUT2D eigenvalue weighted by atomic mass is 32.2. The second-order valence-corrected chi connectivity index (χ2v) is 5.36. The quantitative estimate of drug-likeness (QED) is 0.355. The fourth-order valence-electron chi connectivity index (χ4n) is 1.50. The Hall–Kier alpha value is -2.23. The van der Waals surface area contributed by atoms with E-state index in [1.807, 2.05) is 32.2 Å². The number of hydrogen-bond acceptors (Lipinski definition) is 5. The Balaban J connectivity index is 0.000000405. The third-order valence-corrected chi connectivity index (χ3v) is 3.66. The summed E-state index contributed by atoms with van der Waals surface area (Å²) in [5, 5.41) is 16.9. The average molecular weight is 361 g/mol. The van der Waals surface area contributed by atoms with Gasteiger partial charge >= 0.3 is 5.97 Å². The molecule has 0 bridgehead atoms. The van der Waals surface area contributed by atoms with E-state index < -0.39 is 11.8 Å². The molecule has 0 radical (unpaired) electrons. The molecule has 6 heteroatoms. The molecule has 0 atom stereocenters. The maximum atomic E-state index is 11.0. The number of benzene rings is 2. The van der Waals surface area contributed by atoms with Crippen molar-refractivity contribution in [3.8, 4) is 6.07 Å². The van der Waals surface area contributed by atoms with Gasteiger partial charge in [0.25, 0.3) is 5.78 Å². The molecule has 0 aliphatic carbocycles. The van der Waals surface area contributed by atoms with Crippen LogP contribution in [0.1, 0.15) is 34.6 Å². The molecule has 0 spiro atoms. The lowest BCUT2D eigenvalue weighted by molar-refractivity contribution is 0.0696. The van der Waals surface area contributed by atoms with Gasteiger partial charge in [-0.05, 0) is 42.7 Å². The van der Waals surface area contributed by atoms with Crippen LogP contribution >= 0.6 is 24.4 Å². The summed E-state index contributed by atoms with van der Waals surface area (Å²) in [5.41, 5.74) is 0.783. The molecule has 0 amide bonds. The lowest BCUT2D eigenvalue weighted by Gasteiger charge is -1.99. The molecular weight excluding hydrogens is 342 g/mol. The number of carbonyl (C=O) groups is 2. The molecule has 0 saturated carbocycles. The molecule has 2 aromatic carbocycles. The Labute approximate surface area is 151 Å². The van der Waals surface area contributed by atoms with Crippen LogP contribution in [0.25, 0.3) is 0 Å². The standard InChI is InChI=1S/C9H7NOS.C7H6O2S.C2H6/c1-12-9-5-3-2-4-7(9)8(11)6-10;8-7(9)5-1-3-6(10)4-2-5;1-2/h2-5H,1H3;1-4,10H,(H,8,9);1-2H3. The summed E-state index contributed by atoms with van der Waals surface area (Å²) in [6, 6.07) is 15.0. The van der Waals surface area contributed by atoms with Crippen LogP contribution in [-0.4, -0.2) is 23.1 Å². The Kier molecular flexibility index (Phi) is 11.1. The number of ketones is 1. The topological polar surface area (TPSA) is 78.2 Å². The Bertz CT molecular complexity index is 707. The van der Waals surface area contributed by atoms with Gasteiger partial charge < -0.3 is 5.11 Å². The van der Waals surface area contributed by atoms with Gasteiger partial charge in [-0.25, -0.2) is 4.79 Å². The van der Waals surface area contributed by atoms with Crippen LogP contribution in [0.5, 0.6) is 0 Å². The number of nitrogens with zero attached hydrogens (tertiary/aromatic N) is 1. The summed E-state index contributed by atoms with van der Waals surface area (Å²) in [7, 11) is 0. The first-order valence-corrected chi connectivity index (χ1v) is 8.76. The Morgan fingerprint density at radius 3 is 2.08 bits per heavy atom. The molecule has 1 N–H and O–H groups in total. The van der Waals surface area contributed by atoms with Crippen molar-refractivity contribution in [2.75, 3.05) is 6.26 Å². The van der Waals surface area contributed by atoms with Gasteiger partial charge in [0.2, 0.25) is 0 Å². The second-order valence-electron chi connectivity index (χ2n) is 3.99. The van der Waals surface area contributed by atoms with Crippen LogP contribution in [-0.2, 0) is 0 Å². The van der Waals surface area contributed by atoms with E-state index in [4.69, 9.17) is 10.4 Å². The van der Waals surface area contributed by atoms with Gasteiger partial charge in [-0.15, -0.1) is 24.4 Å². The first kappa shape index (κ1) is 21.8. The van der Waals surface area contributed by atoms with Crippen molar-refractivity contribution in [1.29, 1.82) is 5.26 Å². The summed E-state index contributed by atoms with van der Waals surface area (Å²) in [6.07, 6.45) is 1.88. The monoisotopic (exact) mass is 361 g/mol. The van der Waals surface area contributed by atoms with Crippen molar-refractivity contribution in [2.24, 2.45) is 0 Å². The van der Waals surface area contributed by atoms with Crippen LogP contribution in [0.4, 0.5) is 0 Å². The number of carboxylic acid groups (broad SMARTS) is 1. The molecule has 0 aromatic heterocycles. The molecule has 2 aromatic rings. The molecule has 4 nitrogen and oxygen atoms in total. The fraction of sp³-hybridized carbons (Fsp3) is 0.167. The van der Waals surface area contributed by atoms with Gasteiger partial charge in [0.1, 0.15) is 6.07 Å². The minimum absolute atomic E-state index is 0.290. The van der Waals surface area contributed by atoms with Crippen molar-refractivity contribution >= 4 is 36.1 Å². The molecule has 0 aliphatic heterocycles.